The summed E-state index contributed by atoms with van der Waals surface area (Å²) >= 11 is 0. The molecule has 0 bridgehead atoms. The number of piperidine rings is 1. The van der Waals surface area contributed by atoms with Crippen molar-refractivity contribution in [2.24, 2.45) is 0 Å². The summed E-state index contributed by atoms with van der Waals surface area (Å²) in [5, 5.41) is 23.7. The molecule has 2 fully saturated rings. The van der Waals surface area contributed by atoms with Crippen LogP contribution < -0.4 is 5.32 Å². The molecule has 6 nitrogen and oxygen atoms in total. The quantitative estimate of drug-likeness (QED) is 0.875. The van der Waals surface area contributed by atoms with Crippen LogP contribution in [0.2, 0.25) is 0 Å². The van der Waals surface area contributed by atoms with Crippen molar-refractivity contribution in [3.63, 3.8) is 0 Å². The van der Waals surface area contributed by atoms with Gasteiger partial charge in [0.15, 0.2) is 0 Å². The molecule has 2 aromatic rings. The van der Waals surface area contributed by atoms with E-state index in [4.69, 9.17) is 0 Å². The summed E-state index contributed by atoms with van der Waals surface area (Å²) in [7, 11) is 0. The zero-order valence-electron chi connectivity index (χ0n) is 15.1. The number of nitrogens with zero attached hydrogens (tertiary/aromatic N) is 4. The van der Waals surface area contributed by atoms with E-state index in [1.54, 1.807) is 0 Å². The zero-order chi connectivity index (χ0) is 17.6. The van der Waals surface area contributed by atoms with E-state index in [2.05, 4.69) is 44.8 Å². The van der Waals surface area contributed by atoms with Gasteiger partial charge in [0, 0.05) is 12.0 Å². The van der Waals surface area contributed by atoms with Gasteiger partial charge in [-0.3, -0.25) is 4.90 Å². The number of aliphatic hydroxyl groups excluding tert-OH is 1. The van der Waals surface area contributed by atoms with Crippen molar-refractivity contribution >= 4 is 0 Å². The van der Waals surface area contributed by atoms with Crippen LogP contribution >= 0.6 is 0 Å². The Balaban J connectivity index is 1.48. The molecule has 0 radical (unpaired) electrons. The molecule has 0 unspecified atom stereocenters. The molecule has 0 amide bonds. The van der Waals surface area contributed by atoms with Gasteiger partial charge in [-0.2, -0.15) is 0 Å². The number of aliphatic hydroxyl groups is 1. The molecule has 26 heavy (non-hydrogen) atoms. The molecule has 2 atom stereocenters. The largest absolute Gasteiger partial charge is 0.390 e. The lowest BCUT2D eigenvalue weighted by molar-refractivity contribution is 0.0421. The van der Waals surface area contributed by atoms with Gasteiger partial charge in [0.25, 0.3) is 0 Å². The maximum Gasteiger partial charge on any atom is 0.106 e. The van der Waals surface area contributed by atoms with Gasteiger partial charge in [-0.25, -0.2) is 4.68 Å². The molecule has 1 aromatic carbocycles. The molecule has 3 heterocycles. The fourth-order valence-electron chi connectivity index (χ4n) is 5.26. The van der Waals surface area contributed by atoms with Crippen LogP contribution in [0.1, 0.15) is 48.5 Å². The van der Waals surface area contributed by atoms with E-state index in [-0.39, 0.29) is 11.5 Å². The predicted octanol–water partition coefficient (Wildman–Crippen LogP) is 1.46. The fourth-order valence-corrected chi connectivity index (χ4v) is 5.26. The van der Waals surface area contributed by atoms with Gasteiger partial charge in [0.05, 0.1) is 18.0 Å². The number of rotatable bonds is 3. The molecule has 5 rings (SSSR count). The molecular weight excluding hydrogens is 326 g/mol. The number of likely N-dealkylation sites (tertiary alicyclic amines) is 1. The molecule has 1 aliphatic carbocycles. The number of fused-ring (bicyclic) bond motifs is 2. The Morgan fingerprint density at radius 2 is 1.92 bits per heavy atom. The summed E-state index contributed by atoms with van der Waals surface area (Å²) in [5.41, 5.74) is 3.35. The van der Waals surface area contributed by atoms with Crippen molar-refractivity contribution in [3.05, 3.63) is 47.3 Å². The zero-order valence-corrected chi connectivity index (χ0v) is 15.1. The van der Waals surface area contributed by atoms with Crippen LogP contribution in [0.15, 0.2) is 30.5 Å². The normalized spacial score (nSPS) is 27.9. The van der Waals surface area contributed by atoms with Crippen LogP contribution in [0.3, 0.4) is 0 Å². The highest BCUT2D eigenvalue weighted by atomic mass is 16.3. The molecular formula is C20H27N5O. The van der Waals surface area contributed by atoms with E-state index in [9.17, 15) is 5.11 Å². The summed E-state index contributed by atoms with van der Waals surface area (Å²) in [6, 6.07) is 8.39. The third kappa shape index (κ3) is 2.51. The van der Waals surface area contributed by atoms with Gasteiger partial charge in [-0.1, -0.05) is 29.5 Å². The summed E-state index contributed by atoms with van der Waals surface area (Å²) in [4.78, 5) is 2.43. The second-order valence-corrected chi connectivity index (χ2v) is 8.06. The molecule has 138 valence electrons. The van der Waals surface area contributed by atoms with E-state index < -0.39 is 6.10 Å². The van der Waals surface area contributed by atoms with Crippen molar-refractivity contribution in [2.45, 2.75) is 49.8 Å². The Bertz CT molecular complexity index is 776. The molecule has 1 aromatic heterocycles. The summed E-state index contributed by atoms with van der Waals surface area (Å²) in [5.74, 6) is 0. The average Bonchev–Trinajstić information content (AvgIpc) is 3.39. The van der Waals surface area contributed by atoms with Crippen LogP contribution in [0.25, 0.3) is 0 Å². The van der Waals surface area contributed by atoms with Crippen molar-refractivity contribution in [2.75, 3.05) is 26.2 Å². The molecule has 6 heteroatoms. The lowest BCUT2D eigenvalue weighted by Crippen LogP contribution is -2.47. The van der Waals surface area contributed by atoms with E-state index in [0.29, 0.717) is 0 Å². The number of hydrogen-bond donors (Lipinski definition) is 2. The highest BCUT2D eigenvalue weighted by Crippen LogP contribution is 2.51. The monoisotopic (exact) mass is 353 g/mol. The molecule has 2 saturated heterocycles. The first kappa shape index (κ1) is 16.4. The Kier molecular flexibility index (Phi) is 4.07. The lowest BCUT2D eigenvalue weighted by atomic mass is 9.72. The second kappa shape index (κ2) is 6.44. The van der Waals surface area contributed by atoms with Gasteiger partial charge in [-0.05, 0) is 63.0 Å². The first-order valence-corrected chi connectivity index (χ1v) is 9.89. The number of benzene rings is 1. The molecule has 2 N–H and O–H groups in total. The smallest absolute Gasteiger partial charge is 0.106 e. The maximum atomic E-state index is 11.4. The second-order valence-electron chi connectivity index (χ2n) is 8.06. The van der Waals surface area contributed by atoms with E-state index >= 15 is 0 Å². The minimum Gasteiger partial charge on any atom is -0.390 e. The Hall–Kier alpha value is -1.76. The van der Waals surface area contributed by atoms with Gasteiger partial charge in [0.1, 0.15) is 6.04 Å². The first-order chi connectivity index (χ1) is 12.8. The number of hydrogen-bond acceptors (Lipinski definition) is 5. The van der Waals surface area contributed by atoms with Crippen LogP contribution in [0.4, 0.5) is 0 Å². The highest BCUT2D eigenvalue weighted by molar-refractivity contribution is 5.45. The summed E-state index contributed by atoms with van der Waals surface area (Å²) in [6.45, 7) is 5.07. The Morgan fingerprint density at radius 1 is 1.15 bits per heavy atom. The summed E-state index contributed by atoms with van der Waals surface area (Å²) in [6.07, 6.45) is 6.08. The van der Waals surface area contributed by atoms with Crippen molar-refractivity contribution in [1.29, 1.82) is 0 Å². The first-order valence-electron chi connectivity index (χ1n) is 9.89. The maximum absolute atomic E-state index is 11.4. The minimum atomic E-state index is -0.455. The minimum absolute atomic E-state index is 0.135. The van der Waals surface area contributed by atoms with E-state index in [1.807, 2.05) is 10.9 Å². The third-order valence-electron chi connectivity index (χ3n) is 6.60. The summed E-state index contributed by atoms with van der Waals surface area (Å²) < 4.78 is 1.91. The highest BCUT2D eigenvalue weighted by Gasteiger charge is 2.52. The fraction of sp³-hybridized carbons (Fsp3) is 0.600. The predicted molar refractivity (Wildman–Crippen MR) is 98.9 cm³/mol. The number of aromatic nitrogens is 3. The average molecular weight is 353 g/mol. The van der Waals surface area contributed by atoms with Crippen molar-refractivity contribution in [3.8, 4) is 0 Å². The SMILES string of the molecule is O[C@H]1[C@H](n2cc(CN3CCCC3)nn2)c2ccccc2C12CCNCC2. The topological polar surface area (TPSA) is 66.2 Å². The number of nitrogens with one attached hydrogen (secondary N) is 1. The van der Waals surface area contributed by atoms with Crippen molar-refractivity contribution in [1.82, 2.24) is 25.2 Å². The van der Waals surface area contributed by atoms with E-state index in [0.717, 1.165) is 51.3 Å². The molecule has 3 aliphatic rings. The lowest BCUT2D eigenvalue weighted by Gasteiger charge is -2.38. The molecule has 2 aliphatic heterocycles. The Labute approximate surface area is 154 Å². The third-order valence-corrected chi connectivity index (χ3v) is 6.60. The van der Waals surface area contributed by atoms with Gasteiger partial charge in [-0.15, -0.1) is 5.10 Å². The molecule has 1 spiro atoms. The van der Waals surface area contributed by atoms with Gasteiger partial charge >= 0.3 is 0 Å². The van der Waals surface area contributed by atoms with Crippen LogP contribution in [-0.2, 0) is 12.0 Å². The molecule has 0 saturated carbocycles. The van der Waals surface area contributed by atoms with Crippen LogP contribution in [0, 0.1) is 0 Å². The Morgan fingerprint density at radius 3 is 2.73 bits per heavy atom. The van der Waals surface area contributed by atoms with Crippen molar-refractivity contribution < 1.29 is 5.11 Å². The van der Waals surface area contributed by atoms with E-state index in [1.165, 1.54) is 24.0 Å². The van der Waals surface area contributed by atoms with Gasteiger partial charge in [0.2, 0.25) is 0 Å². The standard InChI is InChI=1S/C20H27N5O/c26-19-18(25-14-15(22-23-25)13-24-11-3-4-12-24)16-5-1-2-6-17(16)20(19)7-9-21-10-8-20/h1-2,5-6,14,18-19,21,26H,3-4,7-13H2/t18-,19+/m1/s1. The van der Waals surface area contributed by atoms with Gasteiger partial charge < -0.3 is 10.4 Å². The van der Waals surface area contributed by atoms with Crippen LogP contribution in [0.5, 0.6) is 0 Å². The van der Waals surface area contributed by atoms with Crippen LogP contribution in [-0.4, -0.2) is 57.3 Å².